The summed E-state index contributed by atoms with van der Waals surface area (Å²) >= 11 is 1.35. The Morgan fingerprint density at radius 3 is 2.89 bits per heavy atom. The summed E-state index contributed by atoms with van der Waals surface area (Å²) in [6, 6.07) is 9.87. The monoisotopic (exact) mass is 267 g/mol. The molecule has 2 heterocycles. The fourth-order valence-corrected chi connectivity index (χ4v) is 2.72. The van der Waals surface area contributed by atoms with Gasteiger partial charge >= 0.3 is 0 Å². The number of hydrogen-bond donors (Lipinski definition) is 0. The van der Waals surface area contributed by atoms with Crippen molar-refractivity contribution in [2.24, 2.45) is 0 Å². The Hall–Kier alpha value is -2.32. The van der Waals surface area contributed by atoms with E-state index < -0.39 is 0 Å². The predicted molar refractivity (Wildman–Crippen MR) is 71.8 cm³/mol. The molecule has 0 radical (unpaired) electrons. The number of fused-ring (bicyclic) bond motifs is 1. The van der Waals surface area contributed by atoms with Gasteiger partial charge in [0, 0.05) is 16.5 Å². The van der Waals surface area contributed by atoms with E-state index in [2.05, 4.69) is 16.0 Å². The molecule has 2 aromatic heterocycles. The van der Waals surface area contributed by atoms with Gasteiger partial charge in [-0.05, 0) is 24.8 Å². The number of nitrogens with zero attached hydrogens (tertiary/aromatic N) is 3. The average Bonchev–Trinajstić information content (AvgIpc) is 2.85. The zero-order valence-electron chi connectivity index (χ0n) is 10.1. The highest BCUT2D eigenvalue weighted by atomic mass is 32.2. The van der Waals surface area contributed by atoms with Gasteiger partial charge in [0.2, 0.25) is 0 Å². The van der Waals surface area contributed by atoms with Crippen LogP contribution in [0, 0.1) is 18.3 Å². The number of nitriles is 1. The summed E-state index contributed by atoms with van der Waals surface area (Å²) in [5.41, 5.74) is 2.20. The molecule has 1 aromatic carbocycles. The van der Waals surface area contributed by atoms with Crippen LogP contribution in [0.3, 0.4) is 0 Å². The van der Waals surface area contributed by atoms with Gasteiger partial charge in [0.1, 0.15) is 12.3 Å². The molecular formula is C14H9N3OS. The maximum atomic E-state index is 9.21. The molecule has 19 heavy (non-hydrogen) atoms. The first-order valence-corrected chi connectivity index (χ1v) is 6.47. The second-order valence-corrected chi connectivity index (χ2v) is 4.95. The van der Waals surface area contributed by atoms with Gasteiger partial charge in [-0.3, -0.25) is 4.98 Å². The topological polar surface area (TPSA) is 62.7 Å². The van der Waals surface area contributed by atoms with Gasteiger partial charge in [0.25, 0.3) is 5.22 Å². The number of oxazole rings is 1. The Labute approximate surface area is 114 Å². The highest BCUT2D eigenvalue weighted by molar-refractivity contribution is 7.99. The summed E-state index contributed by atoms with van der Waals surface area (Å²) in [5, 5.41) is 10.7. The van der Waals surface area contributed by atoms with E-state index in [0.717, 1.165) is 21.5 Å². The molecule has 0 bridgehead atoms. The standard InChI is InChI=1S/C14H9N3OS/c1-9-8-18-14(17-9)19-13-10(6-15)7-16-12-5-3-2-4-11(12)13/h2-5,7-8H,1H3. The van der Waals surface area contributed by atoms with E-state index in [1.165, 1.54) is 11.8 Å². The lowest BCUT2D eigenvalue weighted by Gasteiger charge is -2.05. The SMILES string of the molecule is Cc1coc(Sc2c(C#N)cnc3ccccc23)n1. The molecule has 0 aliphatic carbocycles. The molecule has 0 aliphatic rings. The highest BCUT2D eigenvalue weighted by Crippen LogP contribution is 2.34. The molecule has 4 nitrogen and oxygen atoms in total. The predicted octanol–water partition coefficient (Wildman–Crippen LogP) is 3.55. The summed E-state index contributed by atoms with van der Waals surface area (Å²) in [4.78, 5) is 9.36. The maximum absolute atomic E-state index is 9.21. The molecule has 0 amide bonds. The number of aryl methyl sites for hydroxylation is 1. The Balaban J connectivity index is 2.17. The number of para-hydroxylation sites is 1. The molecule has 3 aromatic rings. The Morgan fingerprint density at radius 2 is 2.16 bits per heavy atom. The molecule has 0 fully saturated rings. The van der Waals surface area contributed by atoms with Crippen molar-refractivity contribution in [3.05, 3.63) is 48.0 Å². The van der Waals surface area contributed by atoms with Crippen molar-refractivity contribution in [3.63, 3.8) is 0 Å². The van der Waals surface area contributed by atoms with Gasteiger partial charge in [-0.1, -0.05) is 18.2 Å². The summed E-state index contributed by atoms with van der Waals surface area (Å²) in [5.74, 6) is 0. The van der Waals surface area contributed by atoms with Crippen LogP contribution in [0.5, 0.6) is 0 Å². The lowest BCUT2D eigenvalue weighted by molar-refractivity contribution is 0.454. The average molecular weight is 267 g/mol. The first-order valence-electron chi connectivity index (χ1n) is 5.66. The van der Waals surface area contributed by atoms with Crippen molar-refractivity contribution < 1.29 is 4.42 Å². The largest absolute Gasteiger partial charge is 0.439 e. The number of hydrogen-bond acceptors (Lipinski definition) is 5. The summed E-state index contributed by atoms with van der Waals surface area (Å²) < 4.78 is 5.34. The van der Waals surface area contributed by atoms with Gasteiger partial charge in [-0.25, -0.2) is 4.98 Å². The number of pyridine rings is 1. The number of rotatable bonds is 2. The third kappa shape index (κ3) is 2.18. The van der Waals surface area contributed by atoms with Crippen LogP contribution < -0.4 is 0 Å². The van der Waals surface area contributed by atoms with Crippen LogP contribution in [0.2, 0.25) is 0 Å². The second-order valence-electron chi connectivity index (χ2n) is 3.99. The molecule has 92 valence electrons. The van der Waals surface area contributed by atoms with Crippen LogP contribution in [0.1, 0.15) is 11.3 Å². The van der Waals surface area contributed by atoms with Crippen molar-refractivity contribution in [3.8, 4) is 6.07 Å². The maximum Gasteiger partial charge on any atom is 0.260 e. The summed E-state index contributed by atoms with van der Waals surface area (Å²) in [6.45, 7) is 1.86. The lowest BCUT2D eigenvalue weighted by Crippen LogP contribution is -1.88. The van der Waals surface area contributed by atoms with E-state index in [9.17, 15) is 5.26 Å². The molecule has 0 saturated heterocycles. The van der Waals surface area contributed by atoms with Crippen LogP contribution in [0.25, 0.3) is 10.9 Å². The Bertz CT molecular complexity index is 789. The Kier molecular flexibility index (Phi) is 2.94. The van der Waals surface area contributed by atoms with Crippen LogP contribution in [0.4, 0.5) is 0 Å². The highest BCUT2D eigenvalue weighted by Gasteiger charge is 2.13. The van der Waals surface area contributed by atoms with Crippen LogP contribution in [-0.2, 0) is 0 Å². The van der Waals surface area contributed by atoms with E-state index in [0.29, 0.717) is 10.8 Å². The van der Waals surface area contributed by atoms with Gasteiger partial charge in [0.05, 0.1) is 16.8 Å². The molecule has 0 spiro atoms. The van der Waals surface area contributed by atoms with E-state index in [4.69, 9.17) is 4.42 Å². The quantitative estimate of drug-likeness (QED) is 0.710. The van der Waals surface area contributed by atoms with Crippen LogP contribution in [0.15, 0.2) is 51.3 Å². The second kappa shape index (κ2) is 4.75. The smallest absolute Gasteiger partial charge is 0.260 e. The van der Waals surface area contributed by atoms with Crippen molar-refractivity contribution in [2.75, 3.05) is 0 Å². The first kappa shape index (κ1) is 11.8. The zero-order valence-corrected chi connectivity index (χ0v) is 10.9. The minimum atomic E-state index is 0.527. The normalized spacial score (nSPS) is 10.5. The van der Waals surface area contributed by atoms with Gasteiger partial charge in [0.15, 0.2) is 0 Å². The van der Waals surface area contributed by atoms with Crippen molar-refractivity contribution in [1.29, 1.82) is 5.26 Å². The van der Waals surface area contributed by atoms with Gasteiger partial charge in [-0.15, -0.1) is 0 Å². The van der Waals surface area contributed by atoms with Gasteiger partial charge < -0.3 is 4.42 Å². The van der Waals surface area contributed by atoms with Crippen molar-refractivity contribution in [1.82, 2.24) is 9.97 Å². The van der Waals surface area contributed by atoms with E-state index in [-0.39, 0.29) is 0 Å². The van der Waals surface area contributed by atoms with E-state index in [1.807, 2.05) is 31.2 Å². The molecule has 0 saturated carbocycles. The van der Waals surface area contributed by atoms with Crippen molar-refractivity contribution >= 4 is 22.7 Å². The third-order valence-corrected chi connectivity index (χ3v) is 3.64. The van der Waals surface area contributed by atoms with Crippen molar-refractivity contribution in [2.45, 2.75) is 17.0 Å². The number of aromatic nitrogens is 2. The molecule has 0 unspecified atom stereocenters. The lowest BCUT2D eigenvalue weighted by atomic mass is 10.2. The zero-order chi connectivity index (χ0) is 13.2. The molecule has 0 N–H and O–H groups in total. The van der Waals surface area contributed by atoms with Crippen LogP contribution in [-0.4, -0.2) is 9.97 Å². The van der Waals surface area contributed by atoms with Crippen LogP contribution >= 0.6 is 11.8 Å². The third-order valence-electron chi connectivity index (χ3n) is 2.63. The fourth-order valence-electron chi connectivity index (χ4n) is 1.77. The molecule has 0 atom stereocenters. The van der Waals surface area contributed by atoms with E-state index in [1.54, 1.807) is 12.5 Å². The molecule has 5 heteroatoms. The minimum absolute atomic E-state index is 0.527. The first-order chi connectivity index (χ1) is 9.28. The van der Waals surface area contributed by atoms with Gasteiger partial charge in [-0.2, -0.15) is 5.26 Å². The fraction of sp³-hybridized carbons (Fsp3) is 0.0714. The number of benzene rings is 1. The minimum Gasteiger partial charge on any atom is -0.439 e. The molecule has 3 rings (SSSR count). The Morgan fingerprint density at radius 1 is 1.32 bits per heavy atom. The molecule has 0 aliphatic heterocycles. The summed E-state index contributed by atoms with van der Waals surface area (Å²) in [7, 11) is 0. The molecular weight excluding hydrogens is 258 g/mol. The van der Waals surface area contributed by atoms with E-state index >= 15 is 0 Å². The summed E-state index contributed by atoms with van der Waals surface area (Å²) in [6.07, 6.45) is 3.18.